The molecule has 59 valence electrons. The van der Waals surface area contributed by atoms with Crippen LogP contribution in [0.2, 0.25) is 0 Å². The van der Waals surface area contributed by atoms with Crippen molar-refractivity contribution in [1.29, 1.82) is 0 Å². The molecule has 0 saturated heterocycles. The first-order chi connectivity index (χ1) is 4.61. The minimum atomic E-state index is -0.180. The molecular weight excluding hydrogens is 122 g/mol. The molecule has 10 heavy (non-hydrogen) atoms. The second-order valence-corrected chi connectivity index (χ2v) is 4.06. The molecule has 0 atom stereocenters. The van der Waals surface area contributed by atoms with Gasteiger partial charge in [0.2, 0.25) is 0 Å². The molecule has 1 aliphatic carbocycles. The van der Waals surface area contributed by atoms with Crippen molar-refractivity contribution in [2.75, 3.05) is 0 Å². The third-order valence-corrected chi connectivity index (χ3v) is 2.63. The highest BCUT2D eigenvalue weighted by Crippen LogP contribution is 2.31. The molecule has 1 N–H and O–H groups in total. The van der Waals surface area contributed by atoms with Gasteiger partial charge >= 0.3 is 0 Å². The lowest BCUT2D eigenvalue weighted by molar-refractivity contribution is 0.233. The fourth-order valence-corrected chi connectivity index (χ4v) is 1.82. The van der Waals surface area contributed by atoms with Crippen LogP contribution in [0, 0.1) is 5.92 Å². The van der Waals surface area contributed by atoms with Crippen molar-refractivity contribution in [2.45, 2.75) is 51.5 Å². The van der Waals surface area contributed by atoms with Crippen molar-refractivity contribution in [3.05, 3.63) is 0 Å². The van der Waals surface area contributed by atoms with Crippen LogP contribution < -0.4 is 5.73 Å². The largest absolute Gasteiger partial charge is 0.251 e. The first kappa shape index (κ1) is 8.06. The minimum absolute atomic E-state index is 0.180. The molecule has 0 unspecified atom stereocenters. The monoisotopic (exact) mass is 140 g/mol. The van der Waals surface area contributed by atoms with E-state index in [9.17, 15) is 0 Å². The van der Waals surface area contributed by atoms with E-state index in [-0.39, 0.29) is 5.54 Å². The van der Waals surface area contributed by atoms with E-state index in [0.29, 0.717) is 5.92 Å². The fraction of sp³-hybridized carbons (Fsp3) is 1.00. The molecule has 1 rings (SSSR count). The molecule has 1 saturated carbocycles. The van der Waals surface area contributed by atoms with E-state index >= 15 is 0 Å². The molecule has 1 aliphatic rings. The zero-order valence-corrected chi connectivity index (χ0v) is 7.11. The molecule has 0 aromatic rings. The van der Waals surface area contributed by atoms with E-state index in [0.717, 1.165) is 0 Å². The molecule has 1 fully saturated rings. The van der Waals surface area contributed by atoms with Gasteiger partial charge in [-0.3, -0.25) is 5.73 Å². The van der Waals surface area contributed by atoms with Crippen molar-refractivity contribution in [3.8, 4) is 0 Å². The maximum Gasteiger partial charge on any atom is 0.0295 e. The van der Waals surface area contributed by atoms with Gasteiger partial charge in [0, 0.05) is 5.54 Å². The van der Waals surface area contributed by atoms with Crippen molar-refractivity contribution in [2.24, 2.45) is 5.92 Å². The summed E-state index contributed by atoms with van der Waals surface area (Å²) in [5.74, 6) is 0.668. The van der Waals surface area contributed by atoms with E-state index < -0.39 is 0 Å². The normalized spacial score (nSPS) is 23.1. The van der Waals surface area contributed by atoms with Gasteiger partial charge in [0.05, 0.1) is 0 Å². The first-order valence-corrected chi connectivity index (χ1v) is 4.36. The zero-order chi connectivity index (χ0) is 7.61. The Labute approximate surface area is 64.0 Å². The van der Waals surface area contributed by atoms with E-state index in [1.165, 1.54) is 32.1 Å². The zero-order valence-electron chi connectivity index (χ0n) is 7.11. The standard InChI is InChI=1S/C9H18N/c1-9(2,10)8-6-4-3-5-7-8/h8,10H,3-7H2,1-2H3. The molecule has 0 amide bonds. The van der Waals surface area contributed by atoms with Gasteiger partial charge in [0.25, 0.3) is 0 Å². The van der Waals surface area contributed by atoms with Gasteiger partial charge in [-0.2, -0.15) is 0 Å². The lowest BCUT2D eigenvalue weighted by Crippen LogP contribution is -2.33. The second kappa shape index (κ2) is 2.91. The number of rotatable bonds is 1. The number of hydrogen-bond donors (Lipinski definition) is 0. The molecule has 0 aromatic heterocycles. The highest BCUT2D eigenvalue weighted by molar-refractivity contribution is 4.83. The Bertz CT molecular complexity index is 95.8. The van der Waals surface area contributed by atoms with Gasteiger partial charge in [-0.25, -0.2) is 0 Å². The Morgan fingerprint density at radius 3 is 1.90 bits per heavy atom. The van der Waals surface area contributed by atoms with Crippen LogP contribution in [-0.4, -0.2) is 5.54 Å². The molecule has 1 heteroatoms. The smallest absolute Gasteiger partial charge is 0.0295 e. The molecule has 0 aromatic carbocycles. The van der Waals surface area contributed by atoms with Crippen LogP contribution in [0.5, 0.6) is 0 Å². The van der Waals surface area contributed by atoms with Crippen molar-refractivity contribution >= 4 is 0 Å². The molecular formula is C9H18N. The molecule has 1 radical (unpaired) electrons. The van der Waals surface area contributed by atoms with Gasteiger partial charge in [-0.1, -0.05) is 19.3 Å². The minimum Gasteiger partial charge on any atom is -0.251 e. The van der Waals surface area contributed by atoms with Crippen LogP contribution in [0.4, 0.5) is 0 Å². The molecule has 0 aliphatic heterocycles. The summed E-state index contributed by atoms with van der Waals surface area (Å²) < 4.78 is 0. The van der Waals surface area contributed by atoms with Crippen LogP contribution in [0.3, 0.4) is 0 Å². The number of nitrogens with one attached hydrogen (secondary N) is 1. The Hall–Kier alpha value is -0.0400. The Morgan fingerprint density at radius 2 is 1.60 bits per heavy atom. The topological polar surface area (TPSA) is 23.8 Å². The van der Waals surface area contributed by atoms with Crippen LogP contribution in [0.15, 0.2) is 0 Å². The summed E-state index contributed by atoms with van der Waals surface area (Å²) in [7, 11) is 0. The summed E-state index contributed by atoms with van der Waals surface area (Å²) in [4.78, 5) is 0. The van der Waals surface area contributed by atoms with Crippen LogP contribution in [0.1, 0.15) is 46.0 Å². The summed E-state index contributed by atoms with van der Waals surface area (Å²) in [6.45, 7) is 4.09. The van der Waals surface area contributed by atoms with Crippen molar-refractivity contribution in [3.63, 3.8) is 0 Å². The third kappa shape index (κ3) is 1.98. The van der Waals surface area contributed by atoms with Crippen molar-refractivity contribution < 1.29 is 0 Å². The second-order valence-electron chi connectivity index (χ2n) is 4.06. The fourth-order valence-electron chi connectivity index (χ4n) is 1.82. The molecule has 1 nitrogen and oxygen atoms in total. The predicted octanol–water partition coefficient (Wildman–Crippen LogP) is 2.63. The SMILES string of the molecule is CC(C)([NH])C1CCCCC1. The highest BCUT2D eigenvalue weighted by Gasteiger charge is 2.26. The Balaban J connectivity index is 2.39. The van der Waals surface area contributed by atoms with Gasteiger partial charge < -0.3 is 0 Å². The van der Waals surface area contributed by atoms with Gasteiger partial charge in [-0.15, -0.1) is 0 Å². The predicted molar refractivity (Wildman–Crippen MR) is 43.8 cm³/mol. The van der Waals surface area contributed by atoms with E-state index in [4.69, 9.17) is 5.73 Å². The average molecular weight is 140 g/mol. The van der Waals surface area contributed by atoms with Crippen LogP contribution in [-0.2, 0) is 0 Å². The summed E-state index contributed by atoms with van der Waals surface area (Å²) >= 11 is 0. The summed E-state index contributed by atoms with van der Waals surface area (Å²) in [6.07, 6.45) is 6.68. The lowest BCUT2D eigenvalue weighted by Gasteiger charge is -2.32. The van der Waals surface area contributed by atoms with E-state index in [2.05, 4.69) is 0 Å². The lowest BCUT2D eigenvalue weighted by atomic mass is 9.77. The van der Waals surface area contributed by atoms with Gasteiger partial charge in [-0.05, 0) is 32.6 Å². The number of hydrogen-bond acceptors (Lipinski definition) is 0. The van der Waals surface area contributed by atoms with E-state index in [1.807, 2.05) is 13.8 Å². The average Bonchev–Trinajstić information content (AvgIpc) is 1.88. The highest BCUT2D eigenvalue weighted by atomic mass is 14.7. The Kier molecular flexibility index (Phi) is 2.35. The molecule has 0 bridgehead atoms. The summed E-state index contributed by atoms with van der Waals surface area (Å²) in [5.41, 5.74) is 7.65. The maximum atomic E-state index is 7.83. The first-order valence-electron chi connectivity index (χ1n) is 4.36. The van der Waals surface area contributed by atoms with Crippen LogP contribution in [0.25, 0.3) is 0 Å². The summed E-state index contributed by atoms with van der Waals surface area (Å²) in [5, 5.41) is 0. The molecule has 0 heterocycles. The quantitative estimate of drug-likeness (QED) is 0.534. The van der Waals surface area contributed by atoms with Crippen molar-refractivity contribution in [1.82, 2.24) is 5.73 Å². The van der Waals surface area contributed by atoms with Gasteiger partial charge in [0.15, 0.2) is 0 Å². The molecule has 0 spiro atoms. The maximum absolute atomic E-state index is 7.83. The third-order valence-electron chi connectivity index (χ3n) is 2.63. The van der Waals surface area contributed by atoms with E-state index in [1.54, 1.807) is 0 Å². The summed E-state index contributed by atoms with van der Waals surface area (Å²) in [6, 6.07) is 0. The Morgan fingerprint density at radius 1 is 1.10 bits per heavy atom. The van der Waals surface area contributed by atoms with Gasteiger partial charge in [0.1, 0.15) is 0 Å². The van der Waals surface area contributed by atoms with Crippen LogP contribution >= 0.6 is 0 Å².